The highest BCUT2D eigenvalue weighted by molar-refractivity contribution is 5.91. The second kappa shape index (κ2) is 8.90. The second-order valence-corrected chi connectivity index (χ2v) is 9.65. The molecule has 7 nitrogen and oxygen atoms in total. The van der Waals surface area contributed by atoms with Crippen molar-refractivity contribution in [2.24, 2.45) is 0 Å². The van der Waals surface area contributed by atoms with Gasteiger partial charge in [-0.25, -0.2) is 9.59 Å². The molecule has 4 rings (SSSR count). The maximum Gasteiger partial charge on any atom is 0.416 e. The first-order chi connectivity index (χ1) is 16.3. The lowest BCUT2D eigenvalue weighted by molar-refractivity contribution is -0.137. The quantitative estimate of drug-likeness (QED) is 0.553. The Kier molecular flexibility index (Phi) is 6.25. The van der Waals surface area contributed by atoms with Crippen molar-refractivity contribution in [2.75, 3.05) is 18.4 Å². The average molecular weight is 489 g/mol. The highest BCUT2D eigenvalue weighted by Crippen LogP contribution is 2.33. The van der Waals surface area contributed by atoms with Crippen molar-refractivity contribution < 1.29 is 22.7 Å². The number of hydrogen-bond donors (Lipinski definition) is 1. The highest BCUT2D eigenvalue weighted by Gasteiger charge is 2.33. The number of likely N-dealkylation sites (tertiary alicyclic amines) is 1. The van der Waals surface area contributed by atoms with Crippen LogP contribution < -0.4 is 11.0 Å². The number of fused-ring (bicyclic) bond motifs is 1. The van der Waals surface area contributed by atoms with Gasteiger partial charge in [0.05, 0.1) is 16.8 Å². The van der Waals surface area contributed by atoms with Crippen LogP contribution in [0.25, 0.3) is 16.6 Å². The summed E-state index contributed by atoms with van der Waals surface area (Å²) in [7, 11) is 0. The minimum Gasteiger partial charge on any atom is -0.444 e. The van der Waals surface area contributed by atoms with Gasteiger partial charge in [-0.2, -0.15) is 18.2 Å². The predicted molar refractivity (Wildman–Crippen MR) is 127 cm³/mol. The molecule has 0 spiro atoms. The molecule has 186 valence electrons. The SMILES string of the molecule is Cc1ccccc1-n1c(=O)nc(N[C@H]2CCN(C(=O)OC(C)(C)C)C2)c2ccc(C(F)(F)F)cc21. The van der Waals surface area contributed by atoms with Crippen molar-refractivity contribution in [1.82, 2.24) is 14.5 Å². The summed E-state index contributed by atoms with van der Waals surface area (Å²) in [5, 5.41) is 3.54. The summed E-state index contributed by atoms with van der Waals surface area (Å²) >= 11 is 0. The minimum absolute atomic E-state index is 0.0959. The molecule has 0 unspecified atom stereocenters. The predicted octanol–water partition coefficient (Wildman–Crippen LogP) is 5.13. The number of rotatable bonds is 3. The van der Waals surface area contributed by atoms with Crippen LogP contribution in [-0.2, 0) is 10.9 Å². The highest BCUT2D eigenvalue weighted by atomic mass is 19.4. The van der Waals surface area contributed by atoms with Gasteiger partial charge in [0.2, 0.25) is 0 Å². The average Bonchev–Trinajstić information content (AvgIpc) is 3.21. The molecular formula is C25H27F3N4O3. The number of anilines is 1. The molecule has 1 N–H and O–H groups in total. The first-order valence-electron chi connectivity index (χ1n) is 11.3. The van der Waals surface area contributed by atoms with Crippen molar-refractivity contribution >= 4 is 22.8 Å². The van der Waals surface area contributed by atoms with Crippen molar-refractivity contribution in [1.29, 1.82) is 0 Å². The first-order valence-corrected chi connectivity index (χ1v) is 11.3. The number of hydrogen-bond acceptors (Lipinski definition) is 5. The van der Waals surface area contributed by atoms with E-state index in [-0.39, 0.29) is 17.4 Å². The number of ether oxygens (including phenoxy) is 1. The fraction of sp³-hybridized carbons (Fsp3) is 0.400. The number of aryl methyl sites for hydroxylation is 1. The van der Waals surface area contributed by atoms with E-state index in [2.05, 4.69) is 10.3 Å². The molecule has 3 aromatic rings. The maximum absolute atomic E-state index is 13.5. The Bertz CT molecular complexity index is 1330. The Balaban J connectivity index is 1.74. The van der Waals surface area contributed by atoms with E-state index in [1.54, 1.807) is 56.9 Å². The van der Waals surface area contributed by atoms with E-state index in [0.717, 1.165) is 17.7 Å². The fourth-order valence-electron chi connectivity index (χ4n) is 4.12. The number of nitrogens with one attached hydrogen (secondary N) is 1. The zero-order chi connectivity index (χ0) is 25.5. The molecule has 35 heavy (non-hydrogen) atoms. The number of halogens is 3. The van der Waals surface area contributed by atoms with Gasteiger partial charge in [0, 0.05) is 24.5 Å². The molecule has 0 bridgehead atoms. The van der Waals surface area contributed by atoms with Crippen LogP contribution in [0.15, 0.2) is 47.3 Å². The molecule has 2 aromatic carbocycles. The van der Waals surface area contributed by atoms with Crippen LogP contribution in [0.4, 0.5) is 23.8 Å². The third-order valence-corrected chi connectivity index (χ3v) is 5.76. The van der Waals surface area contributed by atoms with Crippen LogP contribution in [0, 0.1) is 6.92 Å². The number of carbonyl (C=O) groups excluding carboxylic acids is 1. The Labute approximate surface area is 200 Å². The van der Waals surface area contributed by atoms with Crippen LogP contribution in [0.2, 0.25) is 0 Å². The first kappa shape index (κ1) is 24.6. The summed E-state index contributed by atoms with van der Waals surface area (Å²) in [6.45, 7) is 7.89. The lowest BCUT2D eigenvalue weighted by atomic mass is 10.1. The second-order valence-electron chi connectivity index (χ2n) is 9.65. The van der Waals surface area contributed by atoms with Crippen LogP contribution in [-0.4, -0.2) is 45.3 Å². The largest absolute Gasteiger partial charge is 0.444 e. The Hall–Kier alpha value is -3.56. The number of alkyl halides is 3. The fourth-order valence-corrected chi connectivity index (χ4v) is 4.12. The normalized spacial score (nSPS) is 16.5. The van der Waals surface area contributed by atoms with Crippen molar-refractivity contribution in [3.63, 3.8) is 0 Å². The van der Waals surface area contributed by atoms with Crippen LogP contribution in [0.3, 0.4) is 0 Å². The third-order valence-electron chi connectivity index (χ3n) is 5.76. The van der Waals surface area contributed by atoms with Crippen molar-refractivity contribution in [3.8, 4) is 5.69 Å². The Morgan fingerprint density at radius 3 is 2.51 bits per heavy atom. The van der Waals surface area contributed by atoms with Gasteiger partial charge >= 0.3 is 18.0 Å². The number of para-hydroxylation sites is 1. The summed E-state index contributed by atoms with van der Waals surface area (Å²) in [5.74, 6) is 0.180. The van der Waals surface area contributed by atoms with Crippen molar-refractivity contribution in [3.05, 3.63) is 64.1 Å². The maximum atomic E-state index is 13.5. The minimum atomic E-state index is -4.57. The number of aromatic nitrogens is 2. The molecule has 1 saturated heterocycles. The summed E-state index contributed by atoms with van der Waals surface area (Å²) in [5.41, 5.74) is -0.913. The number of benzene rings is 2. The van der Waals surface area contributed by atoms with Gasteiger partial charge in [-0.1, -0.05) is 18.2 Å². The van der Waals surface area contributed by atoms with Gasteiger partial charge in [-0.3, -0.25) is 4.57 Å². The molecule has 0 aliphatic carbocycles. The van der Waals surface area contributed by atoms with Gasteiger partial charge in [-0.05, 0) is 63.9 Å². The summed E-state index contributed by atoms with van der Waals surface area (Å²) in [4.78, 5) is 31.2. The van der Waals surface area contributed by atoms with Crippen molar-refractivity contribution in [2.45, 2.75) is 51.9 Å². The zero-order valence-electron chi connectivity index (χ0n) is 19.9. The molecule has 1 atom stereocenters. The summed E-state index contributed by atoms with van der Waals surface area (Å²) < 4.78 is 47.2. The van der Waals surface area contributed by atoms with E-state index < -0.39 is 29.1 Å². The molecular weight excluding hydrogens is 461 g/mol. The number of carbonyl (C=O) groups is 1. The number of amides is 1. The molecule has 10 heteroatoms. The topological polar surface area (TPSA) is 76.5 Å². The summed E-state index contributed by atoms with van der Waals surface area (Å²) in [6.07, 6.45) is -4.44. The lowest BCUT2D eigenvalue weighted by Crippen LogP contribution is -2.37. The van der Waals surface area contributed by atoms with E-state index in [1.807, 2.05) is 0 Å². The third kappa shape index (κ3) is 5.26. The van der Waals surface area contributed by atoms with Gasteiger partial charge in [-0.15, -0.1) is 0 Å². The molecule has 1 amide bonds. The smallest absolute Gasteiger partial charge is 0.416 e. The zero-order valence-corrected chi connectivity index (χ0v) is 19.9. The van der Waals surface area contributed by atoms with Crippen LogP contribution in [0.1, 0.15) is 38.3 Å². The van der Waals surface area contributed by atoms with E-state index in [1.165, 1.54) is 10.6 Å². The number of nitrogens with zero attached hydrogens (tertiary/aromatic N) is 3. The Morgan fingerprint density at radius 1 is 1.14 bits per heavy atom. The monoisotopic (exact) mass is 488 g/mol. The van der Waals surface area contributed by atoms with Crippen LogP contribution in [0.5, 0.6) is 0 Å². The summed E-state index contributed by atoms with van der Waals surface area (Å²) in [6, 6.07) is 9.97. The molecule has 0 saturated carbocycles. The van der Waals surface area contributed by atoms with E-state index in [4.69, 9.17) is 4.74 Å². The van der Waals surface area contributed by atoms with Gasteiger partial charge < -0.3 is 15.0 Å². The van der Waals surface area contributed by atoms with Crippen LogP contribution >= 0.6 is 0 Å². The Morgan fingerprint density at radius 2 is 1.86 bits per heavy atom. The van der Waals surface area contributed by atoms with Gasteiger partial charge in [0.25, 0.3) is 0 Å². The molecule has 1 aliphatic rings. The molecule has 0 radical (unpaired) electrons. The standard InChI is InChI=1S/C25H27F3N4O3/c1-15-7-5-6-8-19(15)32-20-13-16(25(26,27)28)9-10-18(20)21(30-22(32)33)29-17-11-12-31(14-17)23(34)35-24(2,3)4/h5-10,13,17H,11-12,14H2,1-4H3,(H,29,30,33)/t17-/m0/s1. The molecule has 2 heterocycles. The molecule has 1 fully saturated rings. The lowest BCUT2D eigenvalue weighted by Gasteiger charge is -2.24. The van der Waals surface area contributed by atoms with Gasteiger partial charge in [0.1, 0.15) is 11.4 Å². The molecule has 1 aromatic heterocycles. The van der Waals surface area contributed by atoms with E-state index in [9.17, 15) is 22.8 Å². The molecule has 1 aliphatic heterocycles. The van der Waals surface area contributed by atoms with E-state index in [0.29, 0.717) is 30.6 Å². The van der Waals surface area contributed by atoms with E-state index >= 15 is 0 Å². The van der Waals surface area contributed by atoms with Gasteiger partial charge in [0.15, 0.2) is 0 Å².